The number of benzene rings is 1. The molecule has 3 rings (SSSR count). The lowest BCUT2D eigenvalue weighted by atomic mass is 10.1. The van der Waals surface area contributed by atoms with Crippen molar-refractivity contribution in [1.29, 1.82) is 0 Å². The Morgan fingerprint density at radius 2 is 2.09 bits per heavy atom. The molecular formula is C17H24ClFN2O2. The molecule has 0 spiro atoms. The molecule has 1 aromatic carbocycles. The average molecular weight is 343 g/mol. The SMILES string of the molecule is CCC(Oc1ccccc1F)C(=O)N1CCC2CCC(C1)N2.Cl. The van der Waals surface area contributed by atoms with Crippen molar-refractivity contribution in [2.75, 3.05) is 13.1 Å². The van der Waals surface area contributed by atoms with E-state index in [4.69, 9.17) is 4.74 Å². The monoisotopic (exact) mass is 342 g/mol. The predicted molar refractivity (Wildman–Crippen MR) is 89.5 cm³/mol. The molecule has 128 valence electrons. The molecule has 1 amide bonds. The Balaban J connectivity index is 0.00000192. The van der Waals surface area contributed by atoms with E-state index in [1.807, 2.05) is 11.8 Å². The summed E-state index contributed by atoms with van der Waals surface area (Å²) in [7, 11) is 0. The van der Waals surface area contributed by atoms with Crippen molar-refractivity contribution in [3.63, 3.8) is 0 Å². The van der Waals surface area contributed by atoms with Crippen LogP contribution in [0.2, 0.25) is 0 Å². The van der Waals surface area contributed by atoms with Crippen LogP contribution in [0.5, 0.6) is 5.75 Å². The third-order valence-corrected chi connectivity index (χ3v) is 4.59. The fraction of sp³-hybridized carbons (Fsp3) is 0.588. The Bertz CT molecular complexity index is 543. The highest BCUT2D eigenvalue weighted by Gasteiger charge is 2.34. The molecule has 23 heavy (non-hydrogen) atoms. The van der Waals surface area contributed by atoms with E-state index in [0.29, 0.717) is 18.5 Å². The van der Waals surface area contributed by atoms with Crippen molar-refractivity contribution in [3.8, 4) is 5.75 Å². The topological polar surface area (TPSA) is 41.6 Å². The van der Waals surface area contributed by atoms with Crippen LogP contribution in [0.15, 0.2) is 24.3 Å². The van der Waals surface area contributed by atoms with Gasteiger partial charge in [0.1, 0.15) is 0 Å². The molecule has 0 saturated carbocycles. The zero-order valence-electron chi connectivity index (χ0n) is 13.3. The van der Waals surface area contributed by atoms with Gasteiger partial charge >= 0.3 is 0 Å². The van der Waals surface area contributed by atoms with E-state index in [2.05, 4.69) is 5.32 Å². The Labute approximate surface area is 142 Å². The number of likely N-dealkylation sites (tertiary alicyclic amines) is 1. The highest BCUT2D eigenvalue weighted by atomic mass is 35.5. The van der Waals surface area contributed by atoms with Crippen LogP contribution in [-0.4, -0.2) is 42.1 Å². The summed E-state index contributed by atoms with van der Waals surface area (Å²) in [6.45, 7) is 3.38. The van der Waals surface area contributed by atoms with Crippen LogP contribution in [0.25, 0.3) is 0 Å². The first-order valence-electron chi connectivity index (χ1n) is 8.13. The van der Waals surface area contributed by atoms with Gasteiger partial charge in [0.15, 0.2) is 17.7 Å². The molecule has 3 unspecified atom stereocenters. The number of rotatable bonds is 4. The highest BCUT2D eigenvalue weighted by molar-refractivity contribution is 5.85. The lowest BCUT2D eigenvalue weighted by Gasteiger charge is -2.28. The summed E-state index contributed by atoms with van der Waals surface area (Å²) in [6.07, 6.45) is 3.23. The zero-order chi connectivity index (χ0) is 15.5. The minimum absolute atomic E-state index is 0. The largest absolute Gasteiger partial charge is 0.478 e. The zero-order valence-corrected chi connectivity index (χ0v) is 14.2. The second-order valence-corrected chi connectivity index (χ2v) is 6.16. The van der Waals surface area contributed by atoms with Crippen molar-refractivity contribution in [2.24, 2.45) is 0 Å². The molecule has 2 aliphatic heterocycles. The number of fused-ring (bicyclic) bond motifs is 2. The molecule has 0 aliphatic carbocycles. The van der Waals surface area contributed by atoms with Crippen LogP contribution in [0.1, 0.15) is 32.6 Å². The third-order valence-electron chi connectivity index (χ3n) is 4.59. The summed E-state index contributed by atoms with van der Waals surface area (Å²) in [6, 6.07) is 7.17. The average Bonchev–Trinajstić information content (AvgIpc) is 2.85. The van der Waals surface area contributed by atoms with Crippen molar-refractivity contribution >= 4 is 18.3 Å². The number of nitrogens with one attached hydrogen (secondary N) is 1. The van der Waals surface area contributed by atoms with E-state index in [-0.39, 0.29) is 24.1 Å². The van der Waals surface area contributed by atoms with Gasteiger partial charge in [-0.3, -0.25) is 4.79 Å². The maximum Gasteiger partial charge on any atom is 0.263 e. The minimum atomic E-state index is -0.617. The maximum atomic E-state index is 13.7. The summed E-state index contributed by atoms with van der Waals surface area (Å²) in [5, 5.41) is 3.56. The molecule has 2 fully saturated rings. The molecule has 4 nitrogen and oxygen atoms in total. The van der Waals surface area contributed by atoms with Crippen LogP contribution >= 0.6 is 12.4 Å². The molecule has 0 radical (unpaired) electrons. The summed E-state index contributed by atoms with van der Waals surface area (Å²) in [5.74, 6) is -0.303. The molecule has 2 aliphatic rings. The van der Waals surface area contributed by atoms with Gasteiger partial charge in [-0.25, -0.2) is 4.39 Å². The Morgan fingerprint density at radius 1 is 1.35 bits per heavy atom. The second-order valence-electron chi connectivity index (χ2n) is 6.16. The summed E-state index contributed by atoms with van der Waals surface area (Å²) < 4.78 is 19.4. The lowest BCUT2D eigenvalue weighted by Crippen LogP contribution is -2.45. The number of carbonyl (C=O) groups is 1. The summed E-state index contributed by atoms with van der Waals surface area (Å²) in [5.41, 5.74) is 0. The number of amides is 1. The first kappa shape index (κ1) is 18.0. The van der Waals surface area contributed by atoms with Gasteiger partial charge in [0.05, 0.1) is 0 Å². The van der Waals surface area contributed by atoms with E-state index < -0.39 is 11.9 Å². The molecule has 1 N–H and O–H groups in total. The fourth-order valence-corrected chi connectivity index (χ4v) is 3.35. The van der Waals surface area contributed by atoms with Crippen LogP contribution in [0.4, 0.5) is 4.39 Å². The summed E-state index contributed by atoms with van der Waals surface area (Å²) >= 11 is 0. The van der Waals surface area contributed by atoms with Gasteiger partial charge in [0.2, 0.25) is 0 Å². The molecule has 0 aromatic heterocycles. The Morgan fingerprint density at radius 3 is 2.83 bits per heavy atom. The van der Waals surface area contributed by atoms with Gasteiger partial charge in [-0.2, -0.15) is 0 Å². The van der Waals surface area contributed by atoms with E-state index >= 15 is 0 Å². The van der Waals surface area contributed by atoms with Crippen molar-refractivity contribution in [3.05, 3.63) is 30.1 Å². The Hall–Kier alpha value is -1.33. The van der Waals surface area contributed by atoms with E-state index in [9.17, 15) is 9.18 Å². The van der Waals surface area contributed by atoms with Crippen LogP contribution < -0.4 is 10.1 Å². The standard InChI is InChI=1S/C17H23FN2O2.ClH/c1-2-15(22-16-6-4-3-5-14(16)18)17(21)20-10-9-12-7-8-13(11-20)19-12;/h3-6,12-13,15,19H,2,7-11H2,1H3;1H. The molecule has 2 bridgehead atoms. The second kappa shape index (κ2) is 7.97. The third kappa shape index (κ3) is 4.15. The van der Waals surface area contributed by atoms with E-state index in [0.717, 1.165) is 25.9 Å². The molecule has 6 heteroatoms. The number of carbonyl (C=O) groups excluding carboxylic acids is 1. The first-order chi connectivity index (χ1) is 10.7. The summed E-state index contributed by atoms with van der Waals surface area (Å²) in [4.78, 5) is 14.6. The van der Waals surface area contributed by atoms with E-state index in [1.54, 1.807) is 18.2 Å². The smallest absolute Gasteiger partial charge is 0.263 e. The van der Waals surface area contributed by atoms with Gasteiger partial charge < -0.3 is 15.0 Å². The van der Waals surface area contributed by atoms with Gasteiger partial charge in [-0.05, 0) is 37.8 Å². The van der Waals surface area contributed by atoms with Crippen LogP contribution in [-0.2, 0) is 4.79 Å². The molecular weight excluding hydrogens is 319 g/mol. The van der Waals surface area contributed by atoms with E-state index in [1.165, 1.54) is 12.5 Å². The van der Waals surface area contributed by atoms with Gasteiger partial charge in [-0.15, -0.1) is 12.4 Å². The number of hydrogen-bond acceptors (Lipinski definition) is 3. The number of ether oxygens (including phenoxy) is 1. The van der Waals surface area contributed by atoms with Crippen molar-refractivity contribution in [2.45, 2.75) is 50.8 Å². The number of hydrogen-bond donors (Lipinski definition) is 1. The van der Waals surface area contributed by atoms with Crippen molar-refractivity contribution in [1.82, 2.24) is 10.2 Å². The molecule has 2 heterocycles. The lowest BCUT2D eigenvalue weighted by molar-refractivity contribution is -0.139. The number of para-hydroxylation sites is 1. The highest BCUT2D eigenvalue weighted by Crippen LogP contribution is 2.23. The molecule has 3 atom stereocenters. The normalized spacial score (nSPS) is 24.5. The fourth-order valence-electron chi connectivity index (χ4n) is 3.35. The maximum absolute atomic E-state index is 13.7. The number of nitrogens with zero attached hydrogens (tertiary/aromatic N) is 1. The Kier molecular flexibility index (Phi) is 6.25. The first-order valence-corrected chi connectivity index (χ1v) is 8.13. The van der Waals surface area contributed by atoms with Crippen molar-refractivity contribution < 1.29 is 13.9 Å². The van der Waals surface area contributed by atoms with Crippen LogP contribution in [0, 0.1) is 5.82 Å². The van der Waals surface area contributed by atoms with Gasteiger partial charge in [-0.1, -0.05) is 19.1 Å². The molecule has 2 saturated heterocycles. The minimum Gasteiger partial charge on any atom is -0.478 e. The van der Waals surface area contributed by atoms with Crippen LogP contribution in [0.3, 0.4) is 0 Å². The predicted octanol–water partition coefficient (Wildman–Crippen LogP) is 2.76. The van der Waals surface area contributed by atoms with Gasteiger partial charge in [0, 0.05) is 25.2 Å². The van der Waals surface area contributed by atoms with Gasteiger partial charge in [0.25, 0.3) is 5.91 Å². The number of halogens is 2. The molecule has 1 aromatic rings. The quantitative estimate of drug-likeness (QED) is 0.914.